The van der Waals surface area contributed by atoms with Crippen LogP contribution in [0.25, 0.3) is 0 Å². The number of ether oxygens (including phenoxy) is 1. The Morgan fingerprint density at radius 1 is 1.21 bits per heavy atom. The van der Waals surface area contributed by atoms with Crippen LogP contribution in [0.3, 0.4) is 0 Å². The van der Waals surface area contributed by atoms with Crippen molar-refractivity contribution in [3.8, 4) is 0 Å². The van der Waals surface area contributed by atoms with Crippen LogP contribution in [0.5, 0.6) is 0 Å². The van der Waals surface area contributed by atoms with Crippen molar-refractivity contribution in [1.29, 1.82) is 0 Å². The van der Waals surface area contributed by atoms with Crippen LogP contribution in [-0.4, -0.2) is 23.9 Å². The van der Waals surface area contributed by atoms with E-state index in [4.69, 9.17) is 4.74 Å². The van der Waals surface area contributed by atoms with Crippen molar-refractivity contribution in [3.05, 3.63) is 0 Å². The Kier molecular flexibility index (Phi) is 8.20. The van der Waals surface area contributed by atoms with E-state index in [1.54, 1.807) is 0 Å². The summed E-state index contributed by atoms with van der Waals surface area (Å²) in [6.45, 7) is 9.33. The fourth-order valence-corrected chi connectivity index (χ4v) is 1.54. The van der Waals surface area contributed by atoms with Gasteiger partial charge in [0.25, 0.3) is 0 Å². The molecule has 2 atom stereocenters. The van der Waals surface area contributed by atoms with Gasteiger partial charge >= 0.3 is 0 Å². The van der Waals surface area contributed by atoms with Crippen molar-refractivity contribution >= 4 is 0 Å². The lowest BCUT2D eigenvalue weighted by Gasteiger charge is -2.15. The van der Waals surface area contributed by atoms with Gasteiger partial charge in [0.1, 0.15) is 0 Å². The van der Waals surface area contributed by atoms with E-state index in [9.17, 15) is 5.11 Å². The highest BCUT2D eigenvalue weighted by Crippen LogP contribution is 2.09. The van der Waals surface area contributed by atoms with Gasteiger partial charge in [-0.2, -0.15) is 0 Å². The monoisotopic (exact) mass is 202 g/mol. The lowest BCUT2D eigenvalue weighted by molar-refractivity contribution is 0.0420. The van der Waals surface area contributed by atoms with Gasteiger partial charge in [-0.25, -0.2) is 0 Å². The molecule has 14 heavy (non-hydrogen) atoms. The first-order valence-electron chi connectivity index (χ1n) is 5.85. The molecule has 0 spiro atoms. The maximum atomic E-state index is 9.31. The average Bonchev–Trinajstić information content (AvgIpc) is 2.10. The molecule has 0 aliphatic carbocycles. The van der Waals surface area contributed by atoms with Crippen LogP contribution in [0.2, 0.25) is 0 Å². The molecule has 0 rings (SSSR count). The van der Waals surface area contributed by atoms with E-state index >= 15 is 0 Å². The van der Waals surface area contributed by atoms with Gasteiger partial charge in [-0.3, -0.25) is 0 Å². The van der Waals surface area contributed by atoms with E-state index in [1.807, 2.05) is 6.92 Å². The zero-order chi connectivity index (χ0) is 11.0. The Labute approximate surface area is 88.7 Å². The van der Waals surface area contributed by atoms with Crippen molar-refractivity contribution in [3.63, 3.8) is 0 Å². The zero-order valence-electron chi connectivity index (χ0n) is 10.1. The molecular formula is C12H26O2. The Balaban J connectivity index is 3.27. The highest BCUT2D eigenvalue weighted by atomic mass is 16.5. The summed E-state index contributed by atoms with van der Waals surface area (Å²) in [6, 6.07) is 0. The lowest BCUT2D eigenvalue weighted by Crippen LogP contribution is -2.13. The van der Waals surface area contributed by atoms with Crippen LogP contribution in [0.4, 0.5) is 0 Å². The summed E-state index contributed by atoms with van der Waals surface area (Å²) in [5, 5.41) is 9.31. The van der Waals surface area contributed by atoms with Crippen molar-refractivity contribution in [2.75, 3.05) is 6.61 Å². The summed E-state index contributed by atoms with van der Waals surface area (Å²) >= 11 is 0. The van der Waals surface area contributed by atoms with E-state index in [1.165, 1.54) is 0 Å². The van der Waals surface area contributed by atoms with Gasteiger partial charge in [-0.05, 0) is 38.5 Å². The number of aliphatic hydroxyl groups is 1. The Hall–Kier alpha value is -0.0800. The smallest absolute Gasteiger partial charge is 0.0549 e. The van der Waals surface area contributed by atoms with Crippen molar-refractivity contribution in [1.82, 2.24) is 0 Å². The van der Waals surface area contributed by atoms with Gasteiger partial charge in [0.2, 0.25) is 0 Å². The molecule has 1 N–H and O–H groups in total. The fraction of sp³-hybridized carbons (Fsp3) is 1.00. The van der Waals surface area contributed by atoms with Crippen LogP contribution in [0.15, 0.2) is 0 Å². The minimum absolute atomic E-state index is 0.140. The first kappa shape index (κ1) is 13.9. The summed E-state index contributed by atoms with van der Waals surface area (Å²) < 4.78 is 5.64. The predicted molar refractivity (Wildman–Crippen MR) is 60.4 cm³/mol. The molecule has 0 aromatic heterocycles. The number of hydrogen-bond acceptors (Lipinski definition) is 2. The third kappa shape index (κ3) is 8.52. The highest BCUT2D eigenvalue weighted by molar-refractivity contribution is 4.55. The van der Waals surface area contributed by atoms with Crippen LogP contribution in [0, 0.1) is 5.92 Å². The van der Waals surface area contributed by atoms with Crippen molar-refractivity contribution < 1.29 is 9.84 Å². The third-order valence-electron chi connectivity index (χ3n) is 2.36. The molecule has 0 bridgehead atoms. The summed E-state index contributed by atoms with van der Waals surface area (Å²) in [7, 11) is 0. The van der Waals surface area contributed by atoms with E-state index in [0.29, 0.717) is 12.0 Å². The molecule has 0 heterocycles. The summed E-state index contributed by atoms with van der Waals surface area (Å²) in [5.74, 6) is 0.700. The minimum atomic E-state index is -0.140. The molecule has 2 heteroatoms. The molecule has 2 unspecified atom stereocenters. The second kappa shape index (κ2) is 8.25. The molecule has 0 aliphatic heterocycles. The Morgan fingerprint density at radius 2 is 1.86 bits per heavy atom. The molecule has 86 valence electrons. The molecule has 0 aromatic carbocycles. The molecule has 0 saturated carbocycles. The molecule has 0 fully saturated rings. The van der Waals surface area contributed by atoms with Gasteiger partial charge in [0.05, 0.1) is 12.2 Å². The van der Waals surface area contributed by atoms with Gasteiger partial charge in [0.15, 0.2) is 0 Å². The molecular weight excluding hydrogens is 176 g/mol. The molecule has 0 saturated heterocycles. The standard InChI is InChI=1S/C12H26O2/c1-5-12(13)7-6-8-14-11(4)9-10(2)3/h10-13H,5-9H2,1-4H3. The Bertz CT molecular complexity index is 123. The van der Waals surface area contributed by atoms with E-state index in [-0.39, 0.29) is 6.10 Å². The molecule has 0 aliphatic rings. The Morgan fingerprint density at radius 3 is 2.36 bits per heavy atom. The van der Waals surface area contributed by atoms with Crippen LogP contribution in [-0.2, 0) is 4.74 Å². The largest absolute Gasteiger partial charge is 0.393 e. The average molecular weight is 202 g/mol. The number of aliphatic hydroxyl groups excluding tert-OH is 1. The second-order valence-electron chi connectivity index (χ2n) is 4.52. The second-order valence-corrected chi connectivity index (χ2v) is 4.52. The van der Waals surface area contributed by atoms with E-state index in [2.05, 4.69) is 20.8 Å². The van der Waals surface area contributed by atoms with E-state index in [0.717, 1.165) is 32.3 Å². The molecule has 0 aromatic rings. The van der Waals surface area contributed by atoms with Crippen molar-refractivity contribution in [2.45, 2.75) is 65.6 Å². The lowest BCUT2D eigenvalue weighted by atomic mass is 10.1. The van der Waals surface area contributed by atoms with Gasteiger partial charge in [-0.15, -0.1) is 0 Å². The third-order valence-corrected chi connectivity index (χ3v) is 2.36. The van der Waals surface area contributed by atoms with Crippen LogP contribution < -0.4 is 0 Å². The normalized spacial score (nSPS) is 15.9. The topological polar surface area (TPSA) is 29.5 Å². The highest BCUT2D eigenvalue weighted by Gasteiger charge is 2.05. The predicted octanol–water partition coefficient (Wildman–Crippen LogP) is 2.99. The summed E-state index contributed by atoms with van der Waals surface area (Å²) in [4.78, 5) is 0. The van der Waals surface area contributed by atoms with Crippen LogP contribution in [0.1, 0.15) is 53.4 Å². The van der Waals surface area contributed by atoms with Crippen LogP contribution >= 0.6 is 0 Å². The zero-order valence-corrected chi connectivity index (χ0v) is 10.1. The number of hydrogen-bond donors (Lipinski definition) is 1. The maximum absolute atomic E-state index is 9.31. The number of rotatable bonds is 8. The molecule has 0 amide bonds. The summed E-state index contributed by atoms with van der Waals surface area (Å²) in [6.07, 6.45) is 4.02. The first-order chi connectivity index (χ1) is 6.56. The first-order valence-corrected chi connectivity index (χ1v) is 5.85. The van der Waals surface area contributed by atoms with E-state index < -0.39 is 0 Å². The SMILES string of the molecule is CCC(O)CCCOC(C)CC(C)C. The summed E-state index contributed by atoms with van der Waals surface area (Å²) in [5.41, 5.74) is 0. The van der Waals surface area contributed by atoms with Gasteiger partial charge in [-0.1, -0.05) is 20.8 Å². The minimum Gasteiger partial charge on any atom is -0.393 e. The maximum Gasteiger partial charge on any atom is 0.0549 e. The molecule has 2 nitrogen and oxygen atoms in total. The van der Waals surface area contributed by atoms with Gasteiger partial charge < -0.3 is 9.84 Å². The fourth-order valence-electron chi connectivity index (χ4n) is 1.54. The quantitative estimate of drug-likeness (QED) is 0.613. The van der Waals surface area contributed by atoms with Gasteiger partial charge in [0, 0.05) is 6.61 Å². The van der Waals surface area contributed by atoms with Crippen molar-refractivity contribution in [2.24, 2.45) is 5.92 Å². The molecule has 0 radical (unpaired) electrons.